The van der Waals surface area contributed by atoms with Crippen LogP contribution in [-0.2, 0) is 6.42 Å². The second-order valence-electron chi connectivity index (χ2n) is 3.97. The molecular formula is C13H18ClF. The van der Waals surface area contributed by atoms with Crippen LogP contribution in [0.25, 0.3) is 0 Å². The van der Waals surface area contributed by atoms with Gasteiger partial charge in [0.1, 0.15) is 0 Å². The maximum atomic E-state index is 12.3. The van der Waals surface area contributed by atoms with Gasteiger partial charge in [-0.25, -0.2) is 0 Å². The molecule has 1 aromatic carbocycles. The lowest BCUT2D eigenvalue weighted by atomic mass is 9.93. The smallest absolute Gasteiger partial charge is 0.0897 e. The quantitative estimate of drug-likeness (QED) is 0.665. The van der Waals surface area contributed by atoms with E-state index in [-0.39, 0.29) is 6.67 Å². The third kappa shape index (κ3) is 4.65. The zero-order valence-corrected chi connectivity index (χ0v) is 9.93. The highest BCUT2D eigenvalue weighted by Gasteiger charge is 2.08. The van der Waals surface area contributed by atoms with Crippen molar-refractivity contribution in [2.45, 2.75) is 32.6 Å². The van der Waals surface area contributed by atoms with E-state index < -0.39 is 0 Å². The summed E-state index contributed by atoms with van der Waals surface area (Å²) in [7, 11) is 0. The lowest BCUT2D eigenvalue weighted by molar-refractivity contribution is 0.365. The first-order chi connectivity index (χ1) is 7.26. The number of alkyl halides is 1. The molecule has 84 valence electrons. The Kier molecular flexibility index (Phi) is 5.70. The van der Waals surface area contributed by atoms with E-state index in [1.54, 1.807) is 0 Å². The highest BCUT2D eigenvalue weighted by Crippen LogP contribution is 2.20. The molecule has 0 N–H and O–H groups in total. The van der Waals surface area contributed by atoms with Gasteiger partial charge in [-0.1, -0.05) is 43.5 Å². The molecular weight excluding hydrogens is 211 g/mol. The molecule has 1 unspecified atom stereocenters. The SMILES string of the molecule is CCCC(CCF)Cc1cccc(Cl)c1. The van der Waals surface area contributed by atoms with Crippen LogP contribution in [0.5, 0.6) is 0 Å². The topological polar surface area (TPSA) is 0 Å². The highest BCUT2D eigenvalue weighted by molar-refractivity contribution is 6.30. The Morgan fingerprint density at radius 1 is 1.33 bits per heavy atom. The second-order valence-corrected chi connectivity index (χ2v) is 4.40. The lowest BCUT2D eigenvalue weighted by Gasteiger charge is -2.14. The Labute approximate surface area is 96.5 Å². The molecule has 0 aliphatic carbocycles. The van der Waals surface area contributed by atoms with E-state index in [1.807, 2.05) is 18.2 Å². The Morgan fingerprint density at radius 2 is 2.13 bits per heavy atom. The van der Waals surface area contributed by atoms with Gasteiger partial charge in [-0.3, -0.25) is 4.39 Å². The summed E-state index contributed by atoms with van der Waals surface area (Å²) >= 11 is 5.91. The van der Waals surface area contributed by atoms with Gasteiger partial charge < -0.3 is 0 Å². The van der Waals surface area contributed by atoms with Crippen molar-refractivity contribution in [1.82, 2.24) is 0 Å². The van der Waals surface area contributed by atoms with Crippen LogP contribution in [-0.4, -0.2) is 6.67 Å². The largest absolute Gasteiger partial charge is 0.251 e. The van der Waals surface area contributed by atoms with E-state index in [1.165, 1.54) is 5.56 Å². The van der Waals surface area contributed by atoms with Crippen molar-refractivity contribution in [1.29, 1.82) is 0 Å². The Bertz CT molecular complexity index is 280. The molecule has 1 rings (SSSR count). The minimum Gasteiger partial charge on any atom is -0.251 e. The molecule has 0 nitrogen and oxygen atoms in total. The fourth-order valence-electron chi connectivity index (χ4n) is 1.91. The second kappa shape index (κ2) is 6.84. The number of benzene rings is 1. The summed E-state index contributed by atoms with van der Waals surface area (Å²) in [5, 5.41) is 0.767. The van der Waals surface area contributed by atoms with Gasteiger partial charge in [-0.05, 0) is 36.5 Å². The molecule has 0 radical (unpaired) electrons. The molecule has 0 fully saturated rings. The van der Waals surface area contributed by atoms with Gasteiger partial charge in [0.2, 0.25) is 0 Å². The predicted molar refractivity (Wildman–Crippen MR) is 64.1 cm³/mol. The minimum atomic E-state index is -0.217. The van der Waals surface area contributed by atoms with Crippen LogP contribution >= 0.6 is 11.6 Å². The first-order valence-corrected chi connectivity index (χ1v) is 5.94. The molecule has 0 amide bonds. The van der Waals surface area contributed by atoms with Crippen molar-refractivity contribution < 1.29 is 4.39 Å². The van der Waals surface area contributed by atoms with E-state index in [2.05, 4.69) is 13.0 Å². The molecule has 15 heavy (non-hydrogen) atoms. The lowest BCUT2D eigenvalue weighted by Crippen LogP contribution is -2.05. The average Bonchev–Trinajstić information content (AvgIpc) is 2.18. The van der Waals surface area contributed by atoms with Crippen LogP contribution in [0.4, 0.5) is 4.39 Å². The fourth-order valence-corrected chi connectivity index (χ4v) is 2.12. The maximum absolute atomic E-state index is 12.3. The summed E-state index contributed by atoms with van der Waals surface area (Å²) in [4.78, 5) is 0. The Hall–Kier alpha value is -0.560. The summed E-state index contributed by atoms with van der Waals surface area (Å²) in [5.41, 5.74) is 1.22. The zero-order valence-electron chi connectivity index (χ0n) is 9.18. The molecule has 0 aliphatic heterocycles. The third-order valence-corrected chi connectivity index (χ3v) is 2.86. The zero-order chi connectivity index (χ0) is 11.1. The van der Waals surface area contributed by atoms with Crippen LogP contribution in [0.2, 0.25) is 5.02 Å². The van der Waals surface area contributed by atoms with Gasteiger partial charge in [0, 0.05) is 5.02 Å². The Morgan fingerprint density at radius 3 is 2.73 bits per heavy atom. The highest BCUT2D eigenvalue weighted by atomic mass is 35.5. The van der Waals surface area contributed by atoms with E-state index in [0.717, 1.165) is 24.3 Å². The monoisotopic (exact) mass is 228 g/mol. The molecule has 0 bridgehead atoms. The van der Waals surface area contributed by atoms with Gasteiger partial charge in [0.25, 0.3) is 0 Å². The van der Waals surface area contributed by atoms with Crippen molar-refractivity contribution in [3.63, 3.8) is 0 Å². The van der Waals surface area contributed by atoms with Gasteiger partial charge in [-0.2, -0.15) is 0 Å². The number of hydrogen-bond acceptors (Lipinski definition) is 0. The molecule has 0 saturated carbocycles. The van der Waals surface area contributed by atoms with Crippen LogP contribution in [0.1, 0.15) is 31.7 Å². The molecule has 0 heterocycles. The van der Waals surface area contributed by atoms with E-state index in [4.69, 9.17) is 11.6 Å². The van der Waals surface area contributed by atoms with E-state index in [0.29, 0.717) is 12.3 Å². The van der Waals surface area contributed by atoms with Gasteiger partial charge in [0.15, 0.2) is 0 Å². The first-order valence-electron chi connectivity index (χ1n) is 5.56. The molecule has 1 atom stereocenters. The van der Waals surface area contributed by atoms with Crippen molar-refractivity contribution >= 4 is 11.6 Å². The summed E-state index contributed by atoms with van der Waals surface area (Å²) in [6.07, 6.45) is 3.82. The third-order valence-electron chi connectivity index (χ3n) is 2.63. The predicted octanol–water partition coefficient (Wildman–Crippen LogP) is 4.66. The average molecular weight is 229 g/mol. The normalized spacial score (nSPS) is 12.7. The van der Waals surface area contributed by atoms with Crippen molar-refractivity contribution in [3.05, 3.63) is 34.9 Å². The summed E-state index contributed by atoms with van der Waals surface area (Å²) in [6.45, 7) is 1.93. The first kappa shape index (κ1) is 12.5. The summed E-state index contributed by atoms with van der Waals surface area (Å²) < 4.78 is 12.3. The van der Waals surface area contributed by atoms with Crippen molar-refractivity contribution in [2.75, 3.05) is 6.67 Å². The molecule has 0 aliphatic rings. The fraction of sp³-hybridized carbons (Fsp3) is 0.538. The maximum Gasteiger partial charge on any atom is 0.0897 e. The van der Waals surface area contributed by atoms with Crippen LogP contribution < -0.4 is 0 Å². The van der Waals surface area contributed by atoms with E-state index in [9.17, 15) is 4.39 Å². The molecule has 0 saturated heterocycles. The number of hydrogen-bond donors (Lipinski definition) is 0. The van der Waals surface area contributed by atoms with Crippen LogP contribution in [0.3, 0.4) is 0 Å². The van der Waals surface area contributed by atoms with Crippen molar-refractivity contribution in [2.24, 2.45) is 5.92 Å². The van der Waals surface area contributed by atoms with Gasteiger partial charge >= 0.3 is 0 Å². The number of rotatable bonds is 6. The van der Waals surface area contributed by atoms with E-state index >= 15 is 0 Å². The van der Waals surface area contributed by atoms with Crippen molar-refractivity contribution in [3.8, 4) is 0 Å². The molecule has 2 heteroatoms. The number of halogens is 2. The minimum absolute atomic E-state index is 0.217. The van der Waals surface area contributed by atoms with Gasteiger partial charge in [-0.15, -0.1) is 0 Å². The molecule has 0 aromatic heterocycles. The molecule has 1 aromatic rings. The van der Waals surface area contributed by atoms with Gasteiger partial charge in [0.05, 0.1) is 6.67 Å². The van der Waals surface area contributed by atoms with Crippen LogP contribution in [0.15, 0.2) is 24.3 Å². The molecule has 0 spiro atoms. The summed E-state index contributed by atoms with van der Waals surface area (Å²) in [5.74, 6) is 0.457. The summed E-state index contributed by atoms with van der Waals surface area (Å²) in [6, 6.07) is 7.86. The standard InChI is InChI=1S/C13H18ClF/c1-2-4-11(7-8-15)9-12-5-3-6-13(14)10-12/h3,5-6,10-11H,2,4,7-9H2,1H3. The Balaban J connectivity index is 2.56. The van der Waals surface area contributed by atoms with Crippen LogP contribution in [0, 0.1) is 5.92 Å².